The van der Waals surface area contributed by atoms with Gasteiger partial charge in [-0.2, -0.15) is 13.2 Å². The number of amides is 1. The van der Waals surface area contributed by atoms with E-state index in [0.29, 0.717) is 5.56 Å². The summed E-state index contributed by atoms with van der Waals surface area (Å²) in [5.74, 6) is -6.69. The van der Waals surface area contributed by atoms with Gasteiger partial charge in [-0.1, -0.05) is 0 Å². The molecule has 0 spiro atoms. The molecule has 2 atom stereocenters. The average Bonchev–Trinajstić information content (AvgIpc) is 3.22. The zero-order valence-electron chi connectivity index (χ0n) is 13.2. The number of benzene rings is 1. The van der Waals surface area contributed by atoms with Gasteiger partial charge in [-0.3, -0.25) is 9.59 Å². The average molecular weight is 371 g/mol. The van der Waals surface area contributed by atoms with E-state index < -0.39 is 48.8 Å². The van der Waals surface area contributed by atoms with Crippen LogP contribution in [0.5, 0.6) is 0 Å². The van der Waals surface area contributed by atoms with Crippen molar-refractivity contribution in [2.75, 3.05) is 13.1 Å². The fraction of sp³-hybridized carbons (Fsp3) is 0.294. The highest BCUT2D eigenvalue weighted by Gasteiger charge is 2.53. The Hall–Kier alpha value is -2.84. The van der Waals surface area contributed by atoms with Crippen LogP contribution in [0.4, 0.5) is 17.6 Å². The van der Waals surface area contributed by atoms with Crippen LogP contribution in [-0.4, -0.2) is 41.1 Å². The minimum absolute atomic E-state index is 0.212. The van der Waals surface area contributed by atoms with E-state index in [0.717, 1.165) is 4.90 Å². The van der Waals surface area contributed by atoms with Crippen LogP contribution in [0.15, 0.2) is 40.8 Å². The summed E-state index contributed by atoms with van der Waals surface area (Å²) in [4.78, 5) is 24.3. The predicted molar refractivity (Wildman–Crippen MR) is 80.7 cm³/mol. The van der Waals surface area contributed by atoms with Crippen LogP contribution in [0.3, 0.4) is 0 Å². The number of alkyl halides is 3. The second-order valence-electron chi connectivity index (χ2n) is 5.97. The molecule has 0 bridgehead atoms. The van der Waals surface area contributed by atoms with E-state index in [1.165, 1.54) is 36.4 Å². The molecule has 2 aromatic rings. The fourth-order valence-corrected chi connectivity index (χ4v) is 2.93. The molecule has 138 valence electrons. The Morgan fingerprint density at radius 1 is 1.08 bits per heavy atom. The summed E-state index contributed by atoms with van der Waals surface area (Å²) in [5.41, 5.74) is 0.489. The molecular formula is C17H13F4NO4. The highest BCUT2D eigenvalue weighted by atomic mass is 19.4. The van der Waals surface area contributed by atoms with Gasteiger partial charge < -0.3 is 14.4 Å². The molecule has 3 rings (SSSR count). The first-order valence-corrected chi connectivity index (χ1v) is 7.61. The number of nitrogens with zero attached hydrogens (tertiary/aromatic N) is 1. The van der Waals surface area contributed by atoms with Crippen molar-refractivity contribution in [3.8, 4) is 11.3 Å². The number of hydrogen-bond donors (Lipinski definition) is 1. The third-order valence-electron chi connectivity index (χ3n) is 4.29. The number of likely N-dealkylation sites (tertiary alicyclic amines) is 1. The normalized spacial score (nSPS) is 20.4. The smallest absolute Gasteiger partial charge is 0.394 e. The molecule has 1 aromatic heterocycles. The molecule has 1 fully saturated rings. The summed E-state index contributed by atoms with van der Waals surface area (Å²) in [7, 11) is 0. The first-order valence-electron chi connectivity index (χ1n) is 7.61. The van der Waals surface area contributed by atoms with E-state index in [4.69, 9.17) is 9.52 Å². The zero-order valence-corrected chi connectivity index (χ0v) is 13.2. The maximum absolute atomic E-state index is 13.0. The van der Waals surface area contributed by atoms with Crippen molar-refractivity contribution < 1.29 is 36.7 Å². The molecule has 0 saturated carbocycles. The van der Waals surface area contributed by atoms with Crippen LogP contribution in [0.2, 0.25) is 0 Å². The lowest BCUT2D eigenvalue weighted by Crippen LogP contribution is -2.34. The largest absolute Gasteiger partial charge is 0.481 e. The molecule has 9 heteroatoms. The predicted octanol–water partition coefficient (Wildman–Crippen LogP) is 3.42. The summed E-state index contributed by atoms with van der Waals surface area (Å²) in [5, 5.41) is 9.00. The van der Waals surface area contributed by atoms with Gasteiger partial charge in [-0.05, 0) is 36.4 Å². The maximum atomic E-state index is 13.0. The fourth-order valence-electron chi connectivity index (χ4n) is 2.93. The van der Waals surface area contributed by atoms with Gasteiger partial charge in [-0.25, -0.2) is 4.39 Å². The Bertz CT molecular complexity index is 828. The van der Waals surface area contributed by atoms with Crippen molar-refractivity contribution in [1.29, 1.82) is 0 Å². The van der Waals surface area contributed by atoms with E-state index in [1.54, 1.807) is 0 Å². The van der Waals surface area contributed by atoms with Gasteiger partial charge >= 0.3 is 12.1 Å². The van der Waals surface area contributed by atoms with Gasteiger partial charge in [0.2, 0.25) is 0 Å². The van der Waals surface area contributed by atoms with Gasteiger partial charge in [-0.15, -0.1) is 0 Å². The van der Waals surface area contributed by atoms with Gasteiger partial charge in [0.15, 0.2) is 5.76 Å². The number of hydrogen-bond acceptors (Lipinski definition) is 3. The Morgan fingerprint density at radius 3 is 2.27 bits per heavy atom. The maximum Gasteiger partial charge on any atom is 0.394 e. The quantitative estimate of drug-likeness (QED) is 0.840. The molecule has 1 amide bonds. The standard InChI is InChI=1S/C17H13F4NO4/c18-10-3-1-9(2-4-10)13-5-6-14(26-13)15(23)22-7-11(16(24)25)12(8-22)17(19,20)21/h1-6,11-12H,7-8H2,(H,24,25)/t11-,12-/m1/s1. The first-order chi connectivity index (χ1) is 12.2. The third-order valence-corrected chi connectivity index (χ3v) is 4.29. The topological polar surface area (TPSA) is 70.8 Å². The van der Waals surface area contributed by atoms with Crippen LogP contribution < -0.4 is 0 Å². The van der Waals surface area contributed by atoms with Crippen LogP contribution in [0.25, 0.3) is 11.3 Å². The molecule has 1 N–H and O–H groups in total. The Labute approximate surface area is 144 Å². The molecule has 0 aliphatic carbocycles. The Balaban J connectivity index is 1.80. The summed E-state index contributed by atoms with van der Waals surface area (Å²) in [6.45, 7) is -1.29. The Morgan fingerprint density at radius 2 is 1.73 bits per heavy atom. The summed E-state index contributed by atoms with van der Waals surface area (Å²) >= 11 is 0. The van der Waals surface area contributed by atoms with Crippen molar-refractivity contribution in [3.05, 3.63) is 48.0 Å². The van der Waals surface area contributed by atoms with E-state index in [1.807, 2.05) is 0 Å². The SMILES string of the molecule is O=C(O)[C@@H]1CN(C(=O)c2ccc(-c3ccc(F)cc3)o2)C[C@H]1C(F)(F)F. The number of carbonyl (C=O) groups is 2. The second kappa shape index (κ2) is 6.47. The molecule has 1 saturated heterocycles. The van der Waals surface area contributed by atoms with Crippen molar-refractivity contribution in [3.63, 3.8) is 0 Å². The van der Waals surface area contributed by atoms with E-state index in [-0.39, 0.29) is 11.5 Å². The van der Waals surface area contributed by atoms with E-state index >= 15 is 0 Å². The first kappa shape index (κ1) is 18.0. The molecule has 0 radical (unpaired) electrons. The minimum Gasteiger partial charge on any atom is -0.481 e. The van der Waals surface area contributed by atoms with Crippen LogP contribution in [0, 0.1) is 17.7 Å². The highest BCUT2D eigenvalue weighted by molar-refractivity contribution is 5.93. The molecule has 0 unspecified atom stereocenters. The van der Waals surface area contributed by atoms with Crippen molar-refractivity contribution in [1.82, 2.24) is 4.90 Å². The van der Waals surface area contributed by atoms with Gasteiger partial charge in [0.25, 0.3) is 5.91 Å². The molecule has 26 heavy (non-hydrogen) atoms. The number of rotatable bonds is 3. The lowest BCUT2D eigenvalue weighted by atomic mass is 9.96. The summed E-state index contributed by atoms with van der Waals surface area (Å²) < 4.78 is 57.3. The minimum atomic E-state index is -4.72. The van der Waals surface area contributed by atoms with Crippen molar-refractivity contribution in [2.24, 2.45) is 11.8 Å². The highest BCUT2D eigenvalue weighted by Crippen LogP contribution is 2.38. The van der Waals surface area contributed by atoms with Crippen molar-refractivity contribution >= 4 is 11.9 Å². The molecule has 5 nitrogen and oxygen atoms in total. The van der Waals surface area contributed by atoms with E-state index in [9.17, 15) is 27.2 Å². The van der Waals surface area contributed by atoms with E-state index in [2.05, 4.69) is 0 Å². The number of furan rings is 1. The van der Waals surface area contributed by atoms with Gasteiger partial charge in [0, 0.05) is 18.7 Å². The lowest BCUT2D eigenvalue weighted by molar-refractivity contribution is -0.187. The molecule has 1 aromatic carbocycles. The summed E-state index contributed by atoms with van der Waals surface area (Å²) in [6.07, 6.45) is -4.72. The van der Waals surface area contributed by atoms with Gasteiger partial charge in [0.05, 0.1) is 11.8 Å². The van der Waals surface area contributed by atoms with Crippen LogP contribution in [0.1, 0.15) is 10.6 Å². The van der Waals surface area contributed by atoms with Crippen molar-refractivity contribution in [2.45, 2.75) is 6.18 Å². The molecule has 1 aliphatic rings. The zero-order chi connectivity index (χ0) is 19.1. The Kier molecular flexibility index (Phi) is 4.47. The third kappa shape index (κ3) is 3.42. The summed E-state index contributed by atoms with van der Waals surface area (Å²) in [6, 6.07) is 7.98. The van der Waals surface area contributed by atoms with Gasteiger partial charge in [0.1, 0.15) is 11.6 Å². The monoisotopic (exact) mass is 371 g/mol. The van der Waals surface area contributed by atoms with Crippen LogP contribution in [-0.2, 0) is 4.79 Å². The number of carboxylic acid groups (broad SMARTS) is 1. The second-order valence-corrected chi connectivity index (χ2v) is 5.97. The number of halogens is 4. The molecule has 1 aliphatic heterocycles. The number of carbonyl (C=O) groups excluding carboxylic acids is 1. The molecule has 2 heterocycles. The number of carboxylic acids is 1. The number of aliphatic carboxylic acids is 1. The van der Waals surface area contributed by atoms with Crippen LogP contribution >= 0.6 is 0 Å². The lowest BCUT2D eigenvalue weighted by Gasteiger charge is -2.17. The molecular weight excluding hydrogens is 358 g/mol.